The summed E-state index contributed by atoms with van der Waals surface area (Å²) in [5.41, 5.74) is -0.293. The maximum atomic E-state index is 11.8. The summed E-state index contributed by atoms with van der Waals surface area (Å²) in [4.78, 5) is 23.1. The van der Waals surface area contributed by atoms with E-state index in [1.165, 1.54) is 13.0 Å². The molecule has 1 amide bonds. The number of nitrogens with one attached hydrogen (secondary N) is 1. The van der Waals surface area contributed by atoms with Gasteiger partial charge in [-0.3, -0.25) is 9.59 Å². The largest absolute Gasteiger partial charge is 0.506 e. The summed E-state index contributed by atoms with van der Waals surface area (Å²) < 4.78 is 0. The number of hydrogen-bond donors (Lipinski definition) is 3. The SMILES string of the molecule is CC(=O)Nc1c(O)cccc1C1(C(=O)O)CCCCC1. The van der Waals surface area contributed by atoms with Gasteiger partial charge in [-0.2, -0.15) is 0 Å². The monoisotopic (exact) mass is 277 g/mol. The van der Waals surface area contributed by atoms with Crippen molar-refractivity contribution < 1.29 is 19.8 Å². The van der Waals surface area contributed by atoms with Crippen molar-refractivity contribution in [1.82, 2.24) is 0 Å². The molecule has 0 heterocycles. The molecule has 0 radical (unpaired) electrons. The maximum absolute atomic E-state index is 11.8. The number of para-hydroxylation sites is 1. The van der Waals surface area contributed by atoms with E-state index in [2.05, 4.69) is 5.32 Å². The Morgan fingerprint density at radius 2 is 1.85 bits per heavy atom. The fourth-order valence-corrected chi connectivity index (χ4v) is 3.00. The Labute approximate surface area is 117 Å². The van der Waals surface area contributed by atoms with Crippen LogP contribution in [0.15, 0.2) is 18.2 Å². The van der Waals surface area contributed by atoms with E-state index in [1.54, 1.807) is 12.1 Å². The minimum Gasteiger partial charge on any atom is -0.506 e. The zero-order chi connectivity index (χ0) is 14.8. The van der Waals surface area contributed by atoms with Gasteiger partial charge < -0.3 is 15.5 Å². The first-order valence-electron chi connectivity index (χ1n) is 6.81. The van der Waals surface area contributed by atoms with Gasteiger partial charge >= 0.3 is 5.97 Å². The molecular formula is C15H19NO4. The molecule has 1 aromatic rings. The van der Waals surface area contributed by atoms with Gasteiger partial charge in [0.1, 0.15) is 5.75 Å². The predicted molar refractivity (Wildman–Crippen MR) is 74.8 cm³/mol. The molecule has 0 aliphatic heterocycles. The lowest BCUT2D eigenvalue weighted by Crippen LogP contribution is -2.38. The quantitative estimate of drug-likeness (QED) is 0.741. The van der Waals surface area contributed by atoms with Crippen molar-refractivity contribution in [2.24, 2.45) is 0 Å². The molecule has 0 saturated heterocycles. The Kier molecular flexibility index (Phi) is 3.97. The lowest BCUT2D eigenvalue weighted by atomic mass is 9.69. The van der Waals surface area contributed by atoms with Gasteiger partial charge in [-0.1, -0.05) is 31.4 Å². The standard InChI is InChI=1S/C15H19NO4/c1-10(17)16-13-11(6-5-7-12(13)18)15(14(19)20)8-3-2-4-9-15/h5-7,18H,2-4,8-9H2,1H3,(H,16,17)(H,19,20). The maximum Gasteiger partial charge on any atom is 0.314 e. The zero-order valence-corrected chi connectivity index (χ0v) is 11.5. The molecule has 3 N–H and O–H groups in total. The van der Waals surface area contributed by atoms with Crippen molar-refractivity contribution in [1.29, 1.82) is 0 Å². The Morgan fingerprint density at radius 1 is 1.20 bits per heavy atom. The highest BCUT2D eigenvalue weighted by atomic mass is 16.4. The molecular weight excluding hydrogens is 258 g/mol. The van der Waals surface area contributed by atoms with Crippen LogP contribution in [-0.4, -0.2) is 22.1 Å². The van der Waals surface area contributed by atoms with Gasteiger partial charge in [-0.05, 0) is 24.5 Å². The molecule has 2 rings (SSSR count). The molecule has 0 spiro atoms. The van der Waals surface area contributed by atoms with E-state index in [-0.39, 0.29) is 17.3 Å². The number of phenolic OH excluding ortho intramolecular Hbond substituents is 1. The van der Waals surface area contributed by atoms with Crippen LogP contribution in [0.5, 0.6) is 5.75 Å². The topological polar surface area (TPSA) is 86.6 Å². The van der Waals surface area contributed by atoms with Crippen molar-refractivity contribution in [2.45, 2.75) is 44.4 Å². The number of aromatic hydroxyl groups is 1. The molecule has 1 fully saturated rings. The first-order valence-corrected chi connectivity index (χ1v) is 6.81. The van der Waals surface area contributed by atoms with E-state index in [0.717, 1.165) is 19.3 Å². The minimum absolute atomic E-state index is 0.0936. The highest BCUT2D eigenvalue weighted by Crippen LogP contribution is 2.45. The summed E-state index contributed by atoms with van der Waals surface area (Å²) in [6, 6.07) is 4.76. The summed E-state index contributed by atoms with van der Waals surface area (Å²) in [7, 11) is 0. The summed E-state index contributed by atoms with van der Waals surface area (Å²) >= 11 is 0. The minimum atomic E-state index is -1.02. The van der Waals surface area contributed by atoms with Gasteiger partial charge in [0.05, 0.1) is 11.1 Å². The van der Waals surface area contributed by atoms with Crippen LogP contribution < -0.4 is 5.32 Å². The van der Waals surface area contributed by atoms with Crippen molar-refractivity contribution in [3.63, 3.8) is 0 Å². The van der Waals surface area contributed by atoms with E-state index < -0.39 is 11.4 Å². The lowest BCUT2D eigenvalue weighted by Gasteiger charge is -2.35. The second-order valence-electron chi connectivity index (χ2n) is 5.33. The van der Waals surface area contributed by atoms with Crippen LogP contribution in [0.3, 0.4) is 0 Å². The smallest absolute Gasteiger partial charge is 0.314 e. The Bertz CT molecular complexity index is 533. The van der Waals surface area contributed by atoms with Crippen molar-refractivity contribution >= 4 is 17.6 Å². The molecule has 20 heavy (non-hydrogen) atoms. The van der Waals surface area contributed by atoms with Crippen LogP contribution in [0.1, 0.15) is 44.6 Å². The number of amides is 1. The van der Waals surface area contributed by atoms with E-state index in [9.17, 15) is 19.8 Å². The molecule has 5 heteroatoms. The second kappa shape index (κ2) is 5.53. The normalized spacial score (nSPS) is 17.4. The van der Waals surface area contributed by atoms with Gasteiger partial charge in [0, 0.05) is 6.92 Å². The van der Waals surface area contributed by atoms with Crippen molar-refractivity contribution in [2.75, 3.05) is 5.32 Å². The molecule has 1 saturated carbocycles. The van der Waals surface area contributed by atoms with Crippen molar-refractivity contribution in [3.05, 3.63) is 23.8 Å². The molecule has 1 aliphatic rings. The molecule has 0 bridgehead atoms. The number of anilines is 1. The molecule has 0 atom stereocenters. The van der Waals surface area contributed by atoms with Gasteiger partial charge in [-0.25, -0.2) is 0 Å². The van der Waals surface area contributed by atoms with Crippen LogP contribution in [0.4, 0.5) is 5.69 Å². The first kappa shape index (κ1) is 14.4. The zero-order valence-electron chi connectivity index (χ0n) is 11.5. The number of carbonyl (C=O) groups is 2. The number of hydrogen-bond acceptors (Lipinski definition) is 3. The molecule has 0 aromatic heterocycles. The number of aliphatic carboxylic acids is 1. The number of benzene rings is 1. The van der Waals surface area contributed by atoms with E-state index in [1.807, 2.05) is 0 Å². The number of phenols is 1. The van der Waals surface area contributed by atoms with Crippen LogP contribution >= 0.6 is 0 Å². The Balaban J connectivity index is 2.56. The van der Waals surface area contributed by atoms with E-state index in [4.69, 9.17) is 0 Å². The molecule has 5 nitrogen and oxygen atoms in total. The van der Waals surface area contributed by atoms with E-state index in [0.29, 0.717) is 18.4 Å². The van der Waals surface area contributed by atoms with E-state index >= 15 is 0 Å². The summed E-state index contributed by atoms with van der Waals surface area (Å²) in [5, 5.41) is 22.2. The highest BCUT2D eigenvalue weighted by molar-refractivity contribution is 5.94. The summed E-state index contributed by atoms with van der Waals surface area (Å²) in [5.74, 6) is -1.32. The number of carboxylic acid groups (broad SMARTS) is 1. The predicted octanol–water partition coefficient (Wildman–Crippen LogP) is 2.64. The number of carbonyl (C=O) groups excluding carboxylic acids is 1. The Hall–Kier alpha value is -2.04. The van der Waals surface area contributed by atoms with Gasteiger partial charge in [-0.15, -0.1) is 0 Å². The average molecular weight is 277 g/mol. The summed E-state index contributed by atoms with van der Waals surface area (Å²) in [6.45, 7) is 1.34. The van der Waals surface area contributed by atoms with Crippen molar-refractivity contribution in [3.8, 4) is 5.75 Å². The second-order valence-corrected chi connectivity index (χ2v) is 5.33. The molecule has 108 valence electrons. The summed E-state index contributed by atoms with van der Waals surface area (Å²) in [6.07, 6.45) is 3.74. The average Bonchev–Trinajstić information content (AvgIpc) is 2.41. The van der Waals surface area contributed by atoms with Gasteiger partial charge in [0.15, 0.2) is 0 Å². The number of rotatable bonds is 3. The molecule has 0 unspecified atom stereocenters. The fraction of sp³-hybridized carbons (Fsp3) is 0.467. The van der Waals surface area contributed by atoms with Crippen LogP contribution in [0.2, 0.25) is 0 Å². The Morgan fingerprint density at radius 3 is 2.40 bits per heavy atom. The number of carboxylic acids is 1. The molecule has 1 aliphatic carbocycles. The van der Waals surface area contributed by atoms with Crippen LogP contribution in [-0.2, 0) is 15.0 Å². The first-order chi connectivity index (χ1) is 9.47. The third-order valence-electron chi connectivity index (χ3n) is 3.98. The van der Waals surface area contributed by atoms with Gasteiger partial charge in [0.2, 0.25) is 5.91 Å². The van der Waals surface area contributed by atoms with Gasteiger partial charge in [0.25, 0.3) is 0 Å². The fourth-order valence-electron chi connectivity index (χ4n) is 3.00. The third-order valence-corrected chi connectivity index (χ3v) is 3.98. The van der Waals surface area contributed by atoms with Crippen LogP contribution in [0.25, 0.3) is 0 Å². The third kappa shape index (κ3) is 2.48. The lowest BCUT2D eigenvalue weighted by molar-refractivity contribution is -0.145. The van der Waals surface area contributed by atoms with Crippen LogP contribution in [0, 0.1) is 0 Å². The highest BCUT2D eigenvalue weighted by Gasteiger charge is 2.43. The molecule has 1 aromatic carbocycles.